The van der Waals surface area contributed by atoms with E-state index in [0.29, 0.717) is 16.4 Å². The van der Waals surface area contributed by atoms with Gasteiger partial charge in [0, 0.05) is 12.7 Å². The van der Waals surface area contributed by atoms with Crippen LogP contribution in [0.5, 0.6) is 5.75 Å². The van der Waals surface area contributed by atoms with Crippen molar-refractivity contribution in [3.05, 3.63) is 70.8 Å². The van der Waals surface area contributed by atoms with Crippen molar-refractivity contribution in [3.63, 3.8) is 0 Å². The SMILES string of the molecule is COc1ccc(NC(=O)c2nnc(CSc3ncc(-c4ccccc4)n3C)s2)cc1. The fourth-order valence-corrected chi connectivity index (χ4v) is 4.46. The zero-order valence-corrected chi connectivity index (χ0v) is 18.0. The summed E-state index contributed by atoms with van der Waals surface area (Å²) in [6.45, 7) is 0. The van der Waals surface area contributed by atoms with Crippen molar-refractivity contribution in [2.75, 3.05) is 12.4 Å². The Morgan fingerprint density at radius 1 is 1.13 bits per heavy atom. The smallest absolute Gasteiger partial charge is 0.286 e. The van der Waals surface area contributed by atoms with Crippen LogP contribution in [0.2, 0.25) is 0 Å². The molecule has 0 spiro atoms. The molecular formula is C21H19N5O2S2. The number of anilines is 1. The number of hydrogen-bond acceptors (Lipinski definition) is 7. The minimum absolute atomic E-state index is 0.280. The largest absolute Gasteiger partial charge is 0.497 e. The lowest BCUT2D eigenvalue weighted by Gasteiger charge is -2.05. The fraction of sp³-hybridized carbons (Fsp3) is 0.143. The number of benzene rings is 2. The molecule has 0 aliphatic carbocycles. The van der Waals surface area contributed by atoms with Gasteiger partial charge in [-0.25, -0.2) is 4.98 Å². The quantitative estimate of drug-likeness (QED) is 0.429. The summed E-state index contributed by atoms with van der Waals surface area (Å²) in [7, 11) is 3.59. The molecule has 0 unspecified atom stereocenters. The zero-order valence-electron chi connectivity index (χ0n) is 16.4. The van der Waals surface area contributed by atoms with Crippen molar-refractivity contribution in [1.29, 1.82) is 0 Å². The van der Waals surface area contributed by atoms with E-state index in [2.05, 4.69) is 37.2 Å². The molecule has 1 amide bonds. The molecule has 0 saturated carbocycles. The molecule has 9 heteroatoms. The van der Waals surface area contributed by atoms with E-state index in [1.54, 1.807) is 43.1 Å². The predicted octanol–water partition coefficient (Wildman–Crippen LogP) is 4.49. The lowest BCUT2D eigenvalue weighted by molar-refractivity contribution is 0.102. The summed E-state index contributed by atoms with van der Waals surface area (Å²) in [4.78, 5) is 16.9. The summed E-state index contributed by atoms with van der Waals surface area (Å²) in [6.07, 6.45) is 1.87. The van der Waals surface area contributed by atoms with Gasteiger partial charge in [0.1, 0.15) is 10.8 Å². The molecule has 1 N–H and O–H groups in total. The second-order valence-electron chi connectivity index (χ2n) is 6.32. The number of nitrogens with zero attached hydrogens (tertiary/aromatic N) is 4. The Labute approximate surface area is 182 Å². The summed E-state index contributed by atoms with van der Waals surface area (Å²) in [5, 5.41) is 13.0. The van der Waals surface area contributed by atoms with E-state index in [1.165, 1.54) is 11.3 Å². The van der Waals surface area contributed by atoms with Crippen molar-refractivity contribution in [2.24, 2.45) is 7.05 Å². The Morgan fingerprint density at radius 2 is 1.90 bits per heavy atom. The average molecular weight is 438 g/mol. The average Bonchev–Trinajstić information content (AvgIpc) is 3.40. The molecule has 2 aromatic carbocycles. The molecule has 4 rings (SSSR count). The second kappa shape index (κ2) is 9.10. The summed E-state index contributed by atoms with van der Waals surface area (Å²) < 4.78 is 7.17. The Kier molecular flexibility index (Phi) is 6.10. The van der Waals surface area contributed by atoms with Gasteiger partial charge in [0.2, 0.25) is 5.01 Å². The van der Waals surface area contributed by atoms with Gasteiger partial charge in [0.15, 0.2) is 5.16 Å². The van der Waals surface area contributed by atoms with Gasteiger partial charge in [0.25, 0.3) is 5.91 Å². The van der Waals surface area contributed by atoms with Crippen molar-refractivity contribution >= 4 is 34.7 Å². The topological polar surface area (TPSA) is 81.9 Å². The standard InChI is InChI=1S/C21H19N5O2S2/c1-26-17(14-6-4-3-5-7-14)12-22-21(26)29-13-18-24-25-20(30-18)19(27)23-15-8-10-16(28-2)11-9-15/h3-12H,13H2,1-2H3,(H,23,27). The minimum atomic E-state index is -0.280. The van der Waals surface area contributed by atoms with Crippen LogP contribution < -0.4 is 10.1 Å². The number of carbonyl (C=O) groups excluding carboxylic acids is 1. The number of carbonyl (C=O) groups is 1. The van der Waals surface area contributed by atoms with Gasteiger partial charge in [-0.1, -0.05) is 53.4 Å². The molecule has 0 aliphatic rings. The first-order valence-electron chi connectivity index (χ1n) is 9.12. The van der Waals surface area contributed by atoms with E-state index >= 15 is 0 Å². The van der Waals surface area contributed by atoms with E-state index < -0.39 is 0 Å². The van der Waals surface area contributed by atoms with Gasteiger partial charge >= 0.3 is 0 Å². The number of rotatable bonds is 7. The number of hydrogen-bond donors (Lipinski definition) is 1. The maximum Gasteiger partial charge on any atom is 0.286 e. The molecule has 4 aromatic rings. The van der Waals surface area contributed by atoms with Crippen molar-refractivity contribution in [3.8, 4) is 17.0 Å². The van der Waals surface area contributed by atoms with E-state index in [9.17, 15) is 4.79 Å². The maximum absolute atomic E-state index is 12.4. The third-order valence-corrected chi connectivity index (χ3v) is 6.51. The monoisotopic (exact) mass is 437 g/mol. The van der Waals surface area contributed by atoms with Gasteiger partial charge in [-0.05, 0) is 29.8 Å². The molecule has 0 saturated heterocycles. The van der Waals surface area contributed by atoms with Crippen LogP contribution in [0.3, 0.4) is 0 Å². The third-order valence-electron chi connectivity index (χ3n) is 4.35. The molecule has 2 aromatic heterocycles. The molecule has 152 valence electrons. The zero-order chi connectivity index (χ0) is 20.9. The van der Waals surface area contributed by atoms with Crippen LogP contribution in [-0.2, 0) is 12.8 Å². The van der Waals surface area contributed by atoms with E-state index in [-0.39, 0.29) is 5.91 Å². The molecule has 7 nitrogen and oxygen atoms in total. The van der Waals surface area contributed by atoms with Crippen LogP contribution in [0, 0.1) is 0 Å². The van der Waals surface area contributed by atoms with Gasteiger partial charge in [-0.15, -0.1) is 10.2 Å². The van der Waals surface area contributed by atoms with Crippen LogP contribution in [0.4, 0.5) is 5.69 Å². The first kappa shape index (κ1) is 20.1. The fourth-order valence-electron chi connectivity index (χ4n) is 2.79. The highest BCUT2D eigenvalue weighted by Gasteiger charge is 2.15. The van der Waals surface area contributed by atoms with Gasteiger partial charge < -0.3 is 14.6 Å². The number of amides is 1. The summed E-state index contributed by atoms with van der Waals surface area (Å²) in [6, 6.07) is 17.3. The Balaban J connectivity index is 1.38. The highest BCUT2D eigenvalue weighted by molar-refractivity contribution is 7.98. The van der Waals surface area contributed by atoms with E-state index in [1.807, 2.05) is 31.4 Å². The van der Waals surface area contributed by atoms with Gasteiger partial charge in [-0.2, -0.15) is 0 Å². The van der Waals surface area contributed by atoms with Gasteiger partial charge in [-0.3, -0.25) is 4.79 Å². The molecule has 0 atom stereocenters. The summed E-state index contributed by atoms with van der Waals surface area (Å²) in [5.74, 6) is 1.04. The van der Waals surface area contributed by atoms with Crippen molar-refractivity contribution in [1.82, 2.24) is 19.7 Å². The van der Waals surface area contributed by atoms with Crippen LogP contribution in [0.15, 0.2) is 66.0 Å². The molecular weight excluding hydrogens is 418 g/mol. The van der Waals surface area contributed by atoms with Crippen LogP contribution >= 0.6 is 23.1 Å². The first-order valence-corrected chi connectivity index (χ1v) is 10.9. The molecule has 0 fully saturated rings. The van der Waals surface area contributed by atoms with Crippen LogP contribution in [-0.4, -0.2) is 32.8 Å². The molecule has 0 radical (unpaired) electrons. The first-order chi connectivity index (χ1) is 14.6. The minimum Gasteiger partial charge on any atom is -0.497 e. The molecule has 0 bridgehead atoms. The summed E-state index contributed by atoms with van der Waals surface area (Å²) in [5.41, 5.74) is 2.84. The number of ether oxygens (including phenoxy) is 1. The number of imidazole rings is 1. The lowest BCUT2D eigenvalue weighted by atomic mass is 10.2. The second-order valence-corrected chi connectivity index (χ2v) is 8.33. The van der Waals surface area contributed by atoms with Crippen molar-refractivity contribution in [2.45, 2.75) is 10.9 Å². The van der Waals surface area contributed by atoms with Gasteiger partial charge in [0.05, 0.1) is 24.8 Å². The highest BCUT2D eigenvalue weighted by atomic mass is 32.2. The number of nitrogens with one attached hydrogen (secondary N) is 1. The summed E-state index contributed by atoms with van der Waals surface area (Å²) >= 11 is 2.84. The Bertz CT molecular complexity index is 1140. The van der Waals surface area contributed by atoms with E-state index in [4.69, 9.17) is 4.74 Å². The van der Waals surface area contributed by atoms with Crippen LogP contribution in [0.25, 0.3) is 11.3 Å². The maximum atomic E-state index is 12.4. The number of methoxy groups -OCH3 is 1. The molecule has 2 heterocycles. The molecule has 0 aliphatic heterocycles. The third kappa shape index (κ3) is 4.52. The lowest BCUT2D eigenvalue weighted by Crippen LogP contribution is -2.11. The molecule has 30 heavy (non-hydrogen) atoms. The highest BCUT2D eigenvalue weighted by Crippen LogP contribution is 2.28. The predicted molar refractivity (Wildman–Crippen MR) is 119 cm³/mol. The van der Waals surface area contributed by atoms with Crippen LogP contribution in [0.1, 0.15) is 14.8 Å². The van der Waals surface area contributed by atoms with E-state index in [0.717, 1.165) is 27.2 Å². The van der Waals surface area contributed by atoms with Crippen molar-refractivity contribution < 1.29 is 9.53 Å². The number of thioether (sulfide) groups is 1. The Hall–Kier alpha value is -3.17. The normalized spacial score (nSPS) is 10.7. The Morgan fingerprint density at radius 3 is 2.63 bits per heavy atom. The number of aromatic nitrogens is 4.